The number of aromatic nitrogens is 1. The second-order valence-electron chi connectivity index (χ2n) is 4.91. The van der Waals surface area contributed by atoms with Gasteiger partial charge in [0.15, 0.2) is 0 Å². The van der Waals surface area contributed by atoms with E-state index in [9.17, 15) is 0 Å². The van der Waals surface area contributed by atoms with Crippen LogP contribution in [0.4, 0.5) is 0 Å². The summed E-state index contributed by atoms with van der Waals surface area (Å²) in [4.78, 5) is 6.59. The number of nitrogens with zero attached hydrogens (tertiary/aromatic N) is 2. The van der Waals surface area contributed by atoms with Gasteiger partial charge < -0.3 is 5.73 Å². The Morgan fingerprint density at radius 3 is 2.42 bits per heavy atom. The van der Waals surface area contributed by atoms with Crippen LogP contribution in [0.1, 0.15) is 24.2 Å². The van der Waals surface area contributed by atoms with Crippen LogP contribution in [0, 0.1) is 0 Å². The molecule has 0 saturated heterocycles. The molecule has 100 valence electrons. The van der Waals surface area contributed by atoms with E-state index in [1.807, 2.05) is 42.6 Å². The predicted molar refractivity (Wildman–Crippen MR) is 78.5 cm³/mol. The molecule has 3 nitrogen and oxygen atoms in total. The van der Waals surface area contributed by atoms with Crippen LogP contribution in [0.3, 0.4) is 0 Å². The normalized spacial score (nSPS) is 14.3. The molecule has 2 rings (SSSR count). The monoisotopic (exact) mass is 255 g/mol. The van der Waals surface area contributed by atoms with Gasteiger partial charge in [0.25, 0.3) is 0 Å². The van der Waals surface area contributed by atoms with Crippen molar-refractivity contribution in [2.75, 3.05) is 7.05 Å². The molecule has 0 bridgehead atoms. The van der Waals surface area contributed by atoms with Gasteiger partial charge in [0.1, 0.15) is 0 Å². The smallest absolute Gasteiger partial charge is 0.0543 e. The average Bonchev–Trinajstić information content (AvgIpc) is 2.47. The Labute approximate surface area is 115 Å². The molecule has 0 aliphatic heterocycles. The molecule has 0 radical (unpaired) electrons. The van der Waals surface area contributed by atoms with Gasteiger partial charge in [-0.15, -0.1) is 0 Å². The van der Waals surface area contributed by atoms with Gasteiger partial charge in [-0.1, -0.05) is 36.4 Å². The van der Waals surface area contributed by atoms with Crippen LogP contribution in [0.25, 0.3) is 0 Å². The van der Waals surface area contributed by atoms with Gasteiger partial charge >= 0.3 is 0 Å². The van der Waals surface area contributed by atoms with E-state index < -0.39 is 0 Å². The molecule has 1 heterocycles. The van der Waals surface area contributed by atoms with Gasteiger partial charge in [-0.05, 0) is 31.7 Å². The lowest BCUT2D eigenvalue weighted by Crippen LogP contribution is -2.38. The summed E-state index contributed by atoms with van der Waals surface area (Å²) in [5.74, 6) is 0. The van der Waals surface area contributed by atoms with E-state index in [-0.39, 0.29) is 12.1 Å². The van der Waals surface area contributed by atoms with Crippen LogP contribution < -0.4 is 5.73 Å². The van der Waals surface area contributed by atoms with Gasteiger partial charge in [0.05, 0.1) is 5.69 Å². The van der Waals surface area contributed by atoms with Crippen LogP contribution in [0.15, 0.2) is 54.7 Å². The fourth-order valence-electron chi connectivity index (χ4n) is 2.12. The Morgan fingerprint density at radius 1 is 1.11 bits per heavy atom. The Hall–Kier alpha value is -1.71. The summed E-state index contributed by atoms with van der Waals surface area (Å²) >= 11 is 0. The number of benzene rings is 1. The number of nitrogens with two attached hydrogens (primary N) is 1. The summed E-state index contributed by atoms with van der Waals surface area (Å²) in [7, 11) is 2.09. The maximum absolute atomic E-state index is 6.33. The van der Waals surface area contributed by atoms with E-state index >= 15 is 0 Å². The van der Waals surface area contributed by atoms with E-state index in [0.29, 0.717) is 0 Å². The second kappa shape index (κ2) is 6.45. The molecule has 2 aromatic rings. The number of hydrogen-bond acceptors (Lipinski definition) is 3. The van der Waals surface area contributed by atoms with E-state index in [1.54, 1.807) is 0 Å². The Kier molecular flexibility index (Phi) is 4.66. The summed E-state index contributed by atoms with van der Waals surface area (Å²) < 4.78 is 0. The molecule has 1 aromatic heterocycles. The highest BCUT2D eigenvalue weighted by Gasteiger charge is 2.19. The lowest BCUT2D eigenvalue weighted by Gasteiger charge is -2.29. The van der Waals surface area contributed by atoms with E-state index in [1.165, 1.54) is 5.56 Å². The third-order valence-electron chi connectivity index (χ3n) is 3.54. The summed E-state index contributed by atoms with van der Waals surface area (Å²) in [6, 6.07) is 16.5. The van der Waals surface area contributed by atoms with Crippen molar-refractivity contribution in [2.24, 2.45) is 5.73 Å². The minimum atomic E-state index is 0.00918. The summed E-state index contributed by atoms with van der Waals surface area (Å²) in [6.07, 6.45) is 1.82. The SMILES string of the molecule is CC(C(N)c1ccccc1)N(C)Cc1ccccn1. The van der Waals surface area contributed by atoms with Crippen LogP contribution in [0.2, 0.25) is 0 Å². The first-order valence-electron chi connectivity index (χ1n) is 6.59. The topological polar surface area (TPSA) is 42.1 Å². The van der Waals surface area contributed by atoms with Crippen molar-refractivity contribution in [1.29, 1.82) is 0 Å². The molecule has 2 unspecified atom stereocenters. The molecular weight excluding hydrogens is 234 g/mol. The van der Waals surface area contributed by atoms with Crippen molar-refractivity contribution in [2.45, 2.75) is 25.6 Å². The lowest BCUT2D eigenvalue weighted by molar-refractivity contribution is 0.217. The minimum absolute atomic E-state index is 0.00918. The summed E-state index contributed by atoms with van der Waals surface area (Å²) in [5, 5.41) is 0. The van der Waals surface area contributed by atoms with Crippen LogP contribution in [-0.2, 0) is 6.54 Å². The lowest BCUT2D eigenvalue weighted by atomic mass is 10.0. The van der Waals surface area contributed by atoms with Crippen LogP contribution >= 0.6 is 0 Å². The van der Waals surface area contributed by atoms with Gasteiger partial charge in [-0.3, -0.25) is 9.88 Å². The molecule has 0 fully saturated rings. The number of hydrogen-bond donors (Lipinski definition) is 1. The minimum Gasteiger partial charge on any atom is -0.323 e. The predicted octanol–water partition coefficient (Wildman–Crippen LogP) is 2.60. The van der Waals surface area contributed by atoms with E-state index in [2.05, 4.69) is 36.0 Å². The zero-order valence-electron chi connectivity index (χ0n) is 11.5. The van der Waals surface area contributed by atoms with Gasteiger partial charge in [-0.25, -0.2) is 0 Å². The maximum Gasteiger partial charge on any atom is 0.0543 e. The largest absolute Gasteiger partial charge is 0.323 e. The fraction of sp³-hybridized carbons (Fsp3) is 0.312. The third kappa shape index (κ3) is 3.63. The zero-order valence-corrected chi connectivity index (χ0v) is 11.5. The quantitative estimate of drug-likeness (QED) is 0.893. The van der Waals surface area contributed by atoms with E-state index in [4.69, 9.17) is 5.73 Å². The van der Waals surface area contributed by atoms with E-state index in [0.717, 1.165) is 12.2 Å². The zero-order chi connectivity index (χ0) is 13.7. The number of likely N-dealkylation sites (N-methyl/N-ethyl adjacent to an activating group) is 1. The Morgan fingerprint density at radius 2 is 1.79 bits per heavy atom. The van der Waals surface area contributed by atoms with Crippen LogP contribution in [0.5, 0.6) is 0 Å². The van der Waals surface area contributed by atoms with Gasteiger partial charge in [0, 0.05) is 24.8 Å². The fourth-order valence-corrected chi connectivity index (χ4v) is 2.12. The first-order chi connectivity index (χ1) is 9.18. The molecular formula is C16H21N3. The number of pyridine rings is 1. The molecule has 0 spiro atoms. The van der Waals surface area contributed by atoms with Crippen molar-refractivity contribution in [3.63, 3.8) is 0 Å². The third-order valence-corrected chi connectivity index (χ3v) is 3.54. The first-order valence-corrected chi connectivity index (χ1v) is 6.59. The Balaban J connectivity index is 2.01. The highest BCUT2D eigenvalue weighted by atomic mass is 15.1. The standard InChI is InChI=1S/C16H21N3/c1-13(16(17)14-8-4-3-5-9-14)19(2)12-15-10-6-7-11-18-15/h3-11,13,16H,12,17H2,1-2H3. The van der Waals surface area contributed by atoms with Crippen molar-refractivity contribution in [3.05, 3.63) is 66.0 Å². The molecule has 0 aliphatic carbocycles. The molecule has 2 atom stereocenters. The molecule has 0 saturated carbocycles. The first kappa shape index (κ1) is 13.7. The van der Waals surface area contributed by atoms with Crippen molar-refractivity contribution < 1.29 is 0 Å². The second-order valence-corrected chi connectivity index (χ2v) is 4.91. The molecule has 0 amide bonds. The Bertz CT molecular complexity index is 484. The van der Waals surface area contributed by atoms with Gasteiger partial charge in [0.2, 0.25) is 0 Å². The van der Waals surface area contributed by atoms with Crippen molar-refractivity contribution >= 4 is 0 Å². The molecule has 3 heteroatoms. The highest BCUT2D eigenvalue weighted by Crippen LogP contribution is 2.18. The summed E-state index contributed by atoms with van der Waals surface area (Å²) in [5.41, 5.74) is 8.57. The number of rotatable bonds is 5. The molecule has 2 N–H and O–H groups in total. The average molecular weight is 255 g/mol. The molecule has 1 aromatic carbocycles. The molecule has 19 heavy (non-hydrogen) atoms. The highest BCUT2D eigenvalue weighted by molar-refractivity contribution is 5.20. The van der Waals surface area contributed by atoms with Crippen molar-refractivity contribution in [1.82, 2.24) is 9.88 Å². The molecule has 0 aliphatic rings. The van der Waals surface area contributed by atoms with Crippen molar-refractivity contribution in [3.8, 4) is 0 Å². The van der Waals surface area contributed by atoms with Gasteiger partial charge in [-0.2, -0.15) is 0 Å². The summed E-state index contributed by atoms with van der Waals surface area (Å²) in [6.45, 7) is 2.96. The maximum atomic E-state index is 6.33. The van der Waals surface area contributed by atoms with Crippen LogP contribution in [-0.4, -0.2) is 23.0 Å².